The van der Waals surface area contributed by atoms with Crippen LogP contribution in [0.5, 0.6) is 5.75 Å². The molecule has 0 aliphatic carbocycles. The number of fused-ring (bicyclic) bond motifs is 1. The van der Waals surface area contributed by atoms with Crippen molar-refractivity contribution in [2.45, 2.75) is 51.9 Å². The minimum absolute atomic E-state index is 0.0458. The molecule has 4 rings (SSSR count). The van der Waals surface area contributed by atoms with Crippen LogP contribution in [0.1, 0.15) is 51.3 Å². The summed E-state index contributed by atoms with van der Waals surface area (Å²) in [5, 5.41) is 12.4. The molecular formula is C29H34N2O3S. The summed E-state index contributed by atoms with van der Waals surface area (Å²) in [7, 11) is 2.00. The zero-order valence-electron chi connectivity index (χ0n) is 20.5. The minimum Gasteiger partial charge on any atom is -0.489 e. The van der Waals surface area contributed by atoms with Crippen molar-refractivity contribution in [3.8, 4) is 5.75 Å². The molecule has 1 atom stereocenters. The number of benzene rings is 2. The third kappa shape index (κ3) is 6.82. The Morgan fingerprint density at radius 3 is 2.69 bits per heavy atom. The Kier molecular flexibility index (Phi) is 8.39. The Morgan fingerprint density at radius 2 is 1.97 bits per heavy atom. The lowest BCUT2D eigenvalue weighted by molar-refractivity contribution is -0.137. The van der Waals surface area contributed by atoms with E-state index >= 15 is 0 Å². The number of carbonyl (C=O) groups is 1. The molecule has 0 spiro atoms. The van der Waals surface area contributed by atoms with Gasteiger partial charge in [-0.25, -0.2) is 0 Å². The summed E-state index contributed by atoms with van der Waals surface area (Å²) in [4.78, 5) is 16.7. The zero-order valence-corrected chi connectivity index (χ0v) is 21.4. The lowest BCUT2D eigenvalue weighted by Gasteiger charge is -2.27. The molecule has 184 valence electrons. The maximum Gasteiger partial charge on any atom is 0.304 e. The average molecular weight is 491 g/mol. The largest absolute Gasteiger partial charge is 0.489 e. The summed E-state index contributed by atoms with van der Waals surface area (Å²) in [6, 6.07) is 18.7. The van der Waals surface area contributed by atoms with Crippen LogP contribution in [0.3, 0.4) is 0 Å². The third-order valence-corrected chi connectivity index (χ3v) is 7.64. The van der Waals surface area contributed by atoms with E-state index in [1.807, 2.05) is 49.6 Å². The molecule has 0 saturated heterocycles. The fourth-order valence-electron chi connectivity index (χ4n) is 4.64. The summed E-state index contributed by atoms with van der Waals surface area (Å²) in [6.07, 6.45) is 1.17. The first-order valence-corrected chi connectivity index (χ1v) is 12.9. The highest BCUT2D eigenvalue weighted by molar-refractivity contribution is 7.12. The second-order valence-electron chi connectivity index (χ2n) is 9.33. The monoisotopic (exact) mass is 490 g/mol. The second kappa shape index (κ2) is 11.7. The van der Waals surface area contributed by atoms with Gasteiger partial charge >= 0.3 is 5.97 Å². The molecule has 0 fully saturated rings. The molecule has 0 unspecified atom stereocenters. The first-order chi connectivity index (χ1) is 16.9. The quantitative estimate of drug-likeness (QED) is 0.336. The van der Waals surface area contributed by atoms with Gasteiger partial charge in [-0.05, 0) is 60.8 Å². The highest BCUT2D eigenvalue weighted by atomic mass is 32.1. The van der Waals surface area contributed by atoms with Crippen LogP contribution in [-0.2, 0) is 37.5 Å². The molecule has 3 aromatic rings. The van der Waals surface area contributed by atoms with Crippen LogP contribution >= 0.6 is 11.3 Å². The van der Waals surface area contributed by atoms with Gasteiger partial charge in [0.25, 0.3) is 0 Å². The van der Waals surface area contributed by atoms with Gasteiger partial charge in [0, 0.05) is 41.9 Å². The van der Waals surface area contributed by atoms with E-state index in [1.165, 1.54) is 20.9 Å². The summed E-state index contributed by atoms with van der Waals surface area (Å²) in [6.45, 7) is 10.3. The average Bonchev–Trinajstić information content (AvgIpc) is 3.23. The van der Waals surface area contributed by atoms with Gasteiger partial charge in [-0.2, -0.15) is 0 Å². The van der Waals surface area contributed by atoms with Crippen molar-refractivity contribution in [2.75, 3.05) is 13.6 Å². The molecule has 0 bridgehead atoms. The van der Waals surface area contributed by atoms with Gasteiger partial charge in [-0.3, -0.25) is 9.69 Å². The number of nitrogens with one attached hydrogen (secondary N) is 1. The van der Waals surface area contributed by atoms with Crippen LogP contribution in [0.15, 0.2) is 66.7 Å². The van der Waals surface area contributed by atoms with Gasteiger partial charge in [0.2, 0.25) is 0 Å². The summed E-state index contributed by atoms with van der Waals surface area (Å²) in [5.41, 5.74) is 5.71. The lowest BCUT2D eigenvalue weighted by Crippen LogP contribution is -2.29. The highest BCUT2D eigenvalue weighted by Crippen LogP contribution is 2.30. The van der Waals surface area contributed by atoms with E-state index in [1.54, 1.807) is 0 Å². The predicted molar refractivity (Wildman–Crippen MR) is 142 cm³/mol. The number of allylic oxidation sites excluding steroid dienone is 1. The molecule has 2 aromatic carbocycles. The molecule has 1 aliphatic heterocycles. The van der Waals surface area contributed by atoms with Gasteiger partial charge in [-0.15, -0.1) is 11.3 Å². The number of carboxylic acids is 1. The molecule has 0 amide bonds. The Hall–Kier alpha value is -2.93. The Labute approximate surface area is 212 Å². The maximum absolute atomic E-state index is 11.2. The maximum atomic E-state index is 11.2. The number of hydrogen-bond donors (Lipinski definition) is 2. The molecule has 1 aromatic heterocycles. The molecule has 2 N–H and O–H groups in total. The van der Waals surface area contributed by atoms with Crippen LogP contribution in [-0.4, -0.2) is 29.6 Å². The predicted octanol–water partition coefficient (Wildman–Crippen LogP) is 5.74. The van der Waals surface area contributed by atoms with Crippen LogP contribution < -0.4 is 10.1 Å². The molecule has 6 heteroatoms. The Morgan fingerprint density at radius 1 is 1.20 bits per heavy atom. The molecule has 5 nitrogen and oxygen atoms in total. The van der Waals surface area contributed by atoms with E-state index < -0.39 is 5.97 Å². The normalized spacial score (nSPS) is 14.3. The van der Waals surface area contributed by atoms with Crippen molar-refractivity contribution in [1.29, 1.82) is 0 Å². The number of thiophene rings is 1. The van der Waals surface area contributed by atoms with Crippen LogP contribution in [0.4, 0.5) is 0 Å². The molecule has 35 heavy (non-hydrogen) atoms. The van der Waals surface area contributed by atoms with Gasteiger partial charge < -0.3 is 15.2 Å². The number of ether oxygens (including phenoxy) is 1. The van der Waals surface area contributed by atoms with Crippen molar-refractivity contribution in [2.24, 2.45) is 0 Å². The molecule has 0 radical (unpaired) electrons. The Balaban J connectivity index is 1.33. The topological polar surface area (TPSA) is 61.8 Å². The first kappa shape index (κ1) is 25.2. The standard InChI is InChI=1S/C29H34N2O3S/c1-20(2)27(15-29(32)33)23-7-9-25(10-8-23)34-19-22-6-4-5-21(13-22)17-31-12-11-28-24(18-31)14-26(35-28)16-30-3/h4-10,13-14,27,30H,1,11-12,15-19H2,2-3H3,(H,32,33)/t27-/m1/s1. The van der Waals surface area contributed by atoms with Gasteiger partial charge in [0.05, 0.1) is 6.42 Å². The van der Waals surface area contributed by atoms with E-state index in [2.05, 4.69) is 47.1 Å². The molecule has 0 saturated carbocycles. The summed E-state index contributed by atoms with van der Waals surface area (Å²) in [5.74, 6) is -0.238. The fourth-order valence-corrected chi connectivity index (χ4v) is 5.82. The minimum atomic E-state index is -0.822. The van der Waals surface area contributed by atoms with E-state index in [0.717, 1.165) is 55.0 Å². The van der Waals surface area contributed by atoms with Gasteiger partial charge in [0.15, 0.2) is 0 Å². The molecule has 1 aliphatic rings. The Bertz CT molecular complexity index is 1170. The van der Waals surface area contributed by atoms with Crippen LogP contribution in [0.25, 0.3) is 0 Å². The second-order valence-corrected chi connectivity index (χ2v) is 10.5. The smallest absolute Gasteiger partial charge is 0.304 e. The van der Waals surface area contributed by atoms with Crippen molar-refractivity contribution in [3.63, 3.8) is 0 Å². The van der Waals surface area contributed by atoms with Crippen molar-refractivity contribution >= 4 is 17.3 Å². The van der Waals surface area contributed by atoms with Gasteiger partial charge in [-0.1, -0.05) is 48.6 Å². The van der Waals surface area contributed by atoms with Crippen molar-refractivity contribution in [1.82, 2.24) is 10.2 Å². The number of aliphatic carboxylic acids is 1. The lowest BCUT2D eigenvalue weighted by atomic mass is 9.90. The van der Waals surface area contributed by atoms with E-state index in [0.29, 0.717) is 6.61 Å². The summed E-state index contributed by atoms with van der Waals surface area (Å²) < 4.78 is 6.03. The summed E-state index contributed by atoms with van der Waals surface area (Å²) >= 11 is 1.95. The van der Waals surface area contributed by atoms with E-state index in [9.17, 15) is 9.90 Å². The van der Waals surface area contributed by atoms with Crippen molar-refractivity contribution < 1.29 is 14.6 Å². The number of rotatable bonds is 11. The van der Waals surface area contributed by atoms with Crippen LogP contribution in [0, 0.1) is 0 Å². The van der Waals surface area contributed by atoms with Crippen LogP contribution in [0.2, 0.25) is 0 Å². The van der Waals surface area contributed by atoms with Gasteiger partial charge in [0.1, 0.15) is 12.4 Å². The number of carboxylic acid groups (broad SMARTS) is 1. The van der Waals surface area contributed by atoms with E-state index in [-0.39, 0.29) is 12.3 Å². The SMILES string of the molecule is C=C(C)[C@@H](CC(=O)O)c1ccc(OCc2cccc(CN3CCc4sc(CNC)cc4C3)c2)cc1. The fraction of sp³-hybridized carbons (Fsp3) is 0.345. The highest BCUT2D eigenvalue weighted by Gasteiger charge is 2.19. The molecule has 2 heterocycles. The molecular weight excluding hydrogens is 456 g/mol. The third-order valence-electron chi connectivity index (χ3n) is 6.41. The van der Waals surface area contributed by atoms with Crippen molar-refractivity contribution in [3.05, 3.63) is 98.8 Å². The zero-order chi connectivity index (χ0) is 24.8. The van der Waals surface area contributed by atoms with E-state index in [4.69, 9.17) is 4.74 Å². The number of nitrogens with zero attached hydrogens (tertiary/aromatic N) is 1. The first-order valence-electron chi connectivity index (χ1n) is 12.1. The number of hydrogen-bond acceptors (Lipinski definition) is 5.